The number of piperidine rings is 1. The van der Waals surface area contributed by atoms with Crippen molar-refractivity contribution in [2.45, 2.75) is 19.8 Å². The highest BCUT2D eigenvalue weighted by Gasteiger charge is 2.13. The van der Waals surface area contributed by atoms with Gasteiger partial charge in [-0.25, -0.2) is 0 Å². The summed E-state index contributed by atoms with van der Waals surface area (Å²) in [6.45, 7) is 5.21. The molecule has 2 rings (SSSR count). The standard InChI is InChI=1S/C13H19NO/c1-11-4-6-13(7-5-11)15-10-12-3-2-8-14-9-12/h4-7,12,14H,2-3,8-10H2,1H3. The van der Waals surface area contributed by atoms with E-state index in [4.69, 9.17) is 4.74 Å². The lowest BCUT2D eigenvalue weighted by molar-refractivity contribution is 0.218. The van der Waals surface area contributed by atoms with Crippen molar-refractivity contribution < 1.29 is 4.74 Å². The lowest BCUT2D eigenvalue weighted by Crippen LogP contribution is -2.33. The van der Waals surface area contributed by atoms with Crippen LogP contribution in [0.1, 0.15) is 18.4 Å². The molecule has 15 heavy (non-hydrogen) atoms. The van der Waals surface area contributed by atoms with E-state index in [1.807, 2.05) is 12.1 Å². The van der Waals surface area contributed by atoms with Crippen molar-refractivity contribution >= 4 is 0 Å². The summed E-state index contributed by atoms with van der Waals surface area (Å²) in [5.41, 5.74) is 1.28. The average Bonchev–Trinajstić information content (AvgIpc) is 2.30. The van der Waals surface area contributed by atoms with Crippen LogP contribution in [0.25, 0.3) is 0 Å². The molecule has 0 amide bonds. The van der Waals surface area contributed by atoms with Crippen LogP contribution in [-0.4, -0.2) is 19.7 Å². The number of nitrogens with one attached hydrogen (secondary N) is 1. The third-order valence-electron chi connectivity index (χ3n) is 2.91. The van der Waals surface area contributed by atoms with Gasteiger partial charge in [-0.3, -0.25) is 0 Å². The number of hydrogen-bond donors (Lipinski definition) is 1. The predicted molar refractivity (Wildman–Crippen MR) is 62.3 cm³/mol. The average molecular weight is 205 g/mol. The van der Waals surface area contributed by atoms with Gasteiger partial charge in [0.15, 0.2) is 0 Å². The van der Waals surface area contributed by atoms with Crippen molar-refractivity contribution in [3.05, 3.63) is 29.8 Å². The minimum absolute atomic E-state index is 0.681. The number of benzene rings is 1. The van der Waals surface area contributed by atoms with Crippen LogP contribution in [0.2, 0.25) is 0 Å². The van der Waals surface area contributed by atoms with Crippen molar-refractivity contribution in [1.29, 1.82) is 0 Å². The topological polar surface area (TPSA) is 21.3 Å². The van der Waals surface area contributed by atoms with E-state index in [2.05, 4.69) is 24.4 Å². The molecule has 1 atom stereocenters. The fourth-order valence-electron chi connectivity index (χ4n) is 1.91. The highest BCUT2D eigenvalue weighted by molar-refractivity contribution is 5.26. The molecule has 0 saturated carbocycles. The number of rotatable bonds is 3. The first-order chi connectivity index (χ1) is 7.34. The molecule has 0 bridgehead atoms. The van der Waals surface area contributed by atoms with E-state index in [0.29, 0.717) is 5.92 Å². The summed E-state index contributed by atoms with van der Waals surface area (Å²) < 4.78 is 5.76. The van der Waals surface area contributed by atoms with Crippen LogP contribution in [0, 0.1) is 12.8 Å². The first kappa shape index (κ1) is 10.5. The minimum atomic E-state index is 0.681. The molecule has 82 valence electrons. The molecular formula is C13H19NO. The Morgan fingerprint density at radius 3 is 2.80 bits per heavy atom. The Morgan fingerprint density at radius 1 is 1.33 bits per heavy atom. The first-order valence-corrected chi connectivity index (χ1v) is 5.75. The molecule has 1 aliphatic heterocycles. The van der Waals surface area contributed by atoms with Crippen molar-refractivity contribution in [2.75, 3.05) is 19.7 Å². The summed E-state index contributed by atoms with van der Waals surface area (Å²) in [4.78, 5) is 0. The zero-order chi connectivity index (χ0) is 10.5. The van der Waals surface area contributed by atoms with Gasteiger partial charge in [-0.05, 0) is 38.4 Å². The first-order valence-electron chi connectivity index (χ1n) is 5.75. The van der Waals surface area contributed by atoms with E-state index in [1.165, 1.54) is 24.9 Å². The second-order valence-electron chi connectivity index (χ2n) is 4.34. The summed E-state index contributed by atoms with van der Waals surface area (Å²) >= 11 is 0. The molecule has 1 aromatic carbocycles. The van der Waals surface area contributed by atoms with E-state index in [-0.39, 0.29) is 0 Å². The third kappa shape index (κ3) is 3.24. The van der Waals surface area contributed by atoms with E-state index >= 15 is 0 Å². The molecule has 0 spiro atoms. The van der Waals surface area contributed by atoms with Crippen LogP contribution in [0.15, 0.2) is 24.3 Å². The van der Waals surface area contributed by atoms with E-state index in [1.54, 1.807) is 0 Å². The lowest BCUT2D eigenvalue weighted by atomic mass is 10.0. The molecular weight excluding hydrogens is 186 g/mol. The Bertz CT molecular complexity index is 288. The smallest absolute Gasteiger partial charge is 0.119 e. The monoisotopic (exact) mass is 205 g/mol. The van der Waals surface area contributed by atoms with Gasteiger partial charge in [-0.1, -0.05) is 17.7 Å². The normalized spacial score (nSPS) is 21.3. The molecule has 0 aromatic heterocycles. The van der Waals surface area contributed by atoms with Gasteiger partial charge in [0.25, 0.3) is 0 Å². The zero-order valence-electron chi connectivity index (χ0n) is 9.33. The van der Waals surface area contributed by atoms with Gasteiger partial charge < -0.3 is 10.1 Å². The predicted octanol–water partition coefficient (Wildman–Crippen LogP) is 2.37. The van der Waals surface area contributed by atoms with Crippen LogP contribution in [0.5, 0.6) is 5.75 Å². The van der Waals surface area contributed by atoms with Gasteiger partial charge in [0.05, 0.1) is 6.61 Å². The van der Waals surface area contributed by atoms with Crippen LogP contribution in [-0.2, 0) is 0 Å². The summed E-state index contributed by atoms with van der Waals surface area (Å²) in [5.74, 6) is 1.67. The molecule has 1 saturated heterocycles. The second-order valence-corrected chi connectivity index (χ2v) is 4.34. The third-order valence-corrected chi connectivity index (χ3v) is 2.91. The van der Waals surface area contributed by atoms with Crippen molar-refractivity contribution in [3.63, 3.8) is 0 Å². The summed E-state index contributed by atoms with van der Waals surface area (Å²) in [6, 6.07) is 8.28. The number of hydrogen-bond acceptors (Lipinski definition) is 2. The summed E-state index contributed by atoms with van der Waals surface area (Å²) in [7, 11) is 0. The minimum Gasteiger partial charge on any atom is -0.493 e. The Kier molecular flexibility index (Phi) is 3.62. The maximum atomic E-state index is 5.76. The number of aryl methyl sites for hydroxylation is 1. The van der Waals surface area contributed by atoms with Gasteiger partial charge in [0.1, 0.15) is 5.75 Å². The Balaban J connectivity index is 1.79. The van der Waals surface area contributed by atoms with Crippen molar-refractivity contribution in [1.82, 2.24) is 5.32 Å². The SMILES string of the molecule is Cc1ccc(OCC2CCCNC2)cc1. The summed E-state index contributed by atoms with van der Waals surface area (Å²) in [5, 5.41) is 3.40. The highest BCUT2D eigenvalue weighted by atomic mass is 16.5. The van der Waals surface area contributed by atoms with Gasteiger partial charge in [-0.15, -0.1) is 0 Å². The van der Waals surface area contributed by atoms with E-state index in [9.17, 15) is 0 Å². The molecule has 1 aromatic rings. The molecule has 2 nitrogen and oxygen atoms in total. The van der Waals surface area contributed by atoms with Gasteiger partial charge in [0, 0.05) is 12.5 Å². The molecule has 1 aliphatic rings. The Labute approximate surface area is 91.6 Å². The van der Waals surface area contributed by atoms with Gasteiger partial charge in [0.2, 0.25) is 0 Å². The Morgan fingerprint density at radius 2 is 2.13 bits per heavy atom. The van der Waals surface area contributed by atoms with Crippen LogP contribution < -0.4 is 10.1 Å². The van der Waals surface area contributed by atoms with Crippen molar-refractivity contribution in [3.8, 4) is 5.75 Å². The maximum Gasteiger partial charge on any atom is 0.119 e. The second kappa shape index (κ2) is 5.17. The molecule has 1 N–H and O–H groups in total. The Hall–Kier alpha value is -1.02. The fourth-order valence-corrected chi connectivity index (χ4v) is 1.91. The van der Waals surface area contributed by atoms with Gasteiger partial charge >= 0.3 is 0 Å². The molecule has 1 fully saturated rings. The zero-order valence-corrected chi connectivity index (χ0v) is 9.33. The molecule has 0 aliphatic carbocycles. The maximum absolute atomic E-state index is 5.76. The largest absolute Gasteiger partial charge is 0.493 e. The van der Waals surface area contributed by atoms with Crippen LogP contribution in [0.4, 0.5) is 0 Å². The van der Waals surface area contributed by atoms with Gasteiger partial charge in [-0.2, -0.15) is 0 Å². The highest BCUT2D eigenvalue weighted by Crippen LogP contribution is 2.15. The molecule has 0 radical (unpaired) electrons. The van der Waals surface area contributed by atoms with Crippen molar-refractivity contribution in [2.24, 2.45) is 5.92 Å². The van der Waals surface area contributed by atoms with E-state index < -0.39 is 0 Å². The molecule has 1 heterocycles. The van der Waals surface area contributed by atoms with E-state index in [0.717, 1.165) is 18.9 Å². The van der Waals surface area contributed by atoms with Crippen LogP contribution in [0.3, 0.4) is 0 Å². The molecule has 2 heteroatoms. The number of ether oxygens (including phenoxy) is 1. The fraction of sp³-hybridized carbons (Fsp3) is 0.538. The summed E-state index contributed by atoms with van der Waals surface area (Å²) in [6.07, 6.45) is 2.57. The lowest BCUT2D eigenvalue weighted by Gasteiger charge is -2.22. The van der Waals surface area contributed by atoms with Crippen LogP contribution >= 0.6 is 0 Å². The molecule has 1 unspecified atom stereocenters. The quantitative estimate of drug-likeness (QED) is 0.818.